The van der Waals surface area contributed by atoms with Gasteiger partial charge in [-0.15, -0.1) is 11.3 Å². The van der Waals surface area contributed by atoms with Crippen molar-refractivity contribution in [3.05, 3.63) is 65.1 Å². The molecule has 0 spiro atoms. The second-order valence-corrected chi connectivity index (χ2v) is 9.03. The van der Waals surface area contributed by atoms with Gasteiger partial charge in [0, 0.05) is 49.5 Å². The molecule has 3 aromatic rings. The van der Waals surface area contributed by atoms with E-state index >= 15 is 0 Å². The predicted octanol–water partition coefficient (Wildman–Crippen LogP) is 3.69. The number of hydrogen-bond donors (Lipinski definition) is 1. The van der Waals surface area contributed by atoms with Crippen LogP contribution in [0.4, 0.5) is 10.9 Å². The number of amides is 1. The number of carbonyl (C=O) groups is 1. The molecule has 1 fully saturated rings. The Morgan fingerprint density at radius 1 is 1.30 bits per heavy atom. The Morgan fingerprint density at radius 2 is 2.15 bits per heavy atom. The standard InChI is InChI=1S/C24H27N7OS/c1-30(14-9-18-7-11-26-12-8-18)23(32)21-17-33-24(28-21)29-22-6-2-5-20(27-22)19-4-3-13-31(16-19)15-10-25/h2,5-8,11-12,17,19H,3-4,9,13-16H2,1H3,(H,27,28,29). The van der Waals surface area contributed by atoms with E-state index in [0.717, 1.165) is 43.6 Å². The first-order valence-electron chi connectivity index (χ1n) is 11.1. The second-order valence-electron chi connectivity index (χ2n) is 8.18. The van der Waals surface area contributed by atoms with Crippen LogP contribution in [-0.4, -0.2) is 63.9 Å². The smallest absolute Gasteiger partial charge is 0.273 e. The molecule has 4 heterocycles. The summed E-state index contributed by atoms with van der Waals surface area (Å²) in [7, 11) is 1.79. The van der Waals surface area contributed by atoms with E-state index in [1.165, 1.54) is 11.3 Å². The molecule has 4 rings (SSSR count). The van der Waals surface area contributed by atoms with Gasteiger partial charge >= 0.3 is 0 Å². The minimum Gasteiger partial charge on any atom is -0.340 e. The monoisotopic (exact) mass is 461 g/mol. The van der Waals surface area contributed by atoms with Gasteiger partial charge in [-0.3, -0.25) is 14.7 Å². The number of likely N-dealkylation sites (N-methyl/N-ethyl adjacent to an activating group) is 1. The van der Waals surface area contributed by atoms with E-state index in [-0.39, 0.29) is 5.91 Å². The molecular formula is C24H27N7OS. The number of rotatable bonds is 8. The summed E-state index contributed by atoms with van der Waals surface area (Å²) in [6.07, 6.45) is 6.42. The fourth-order valence-electron chi connectivity index (χ4n) is 3.97. The zero-order valence-corrected chi connectivity index (χ0v) is 19.5. The minimum absolute atomic E-state index is 0.102. The predicted molar refractivity (Wildman–Crippen MR) is 129 cm³/mol. The molecule has 1 aliphatic rings. The van der Waals surface area contributed by atoms with Crippen molar-refractivity contribution in [1.82, 2.24) is 24.8 Å². The number of nitriles is 1. The maximum Gasteiger partial charge on any atom is 0.273 e. The highest BCUT2D eigenvalue weighted by atomic mass is 32.1. The highest BCUT2D eigenvalue weighted by molar-refractivity contribution is 7.14. The lowest BCUT2D eigenvalue weighted by Gasteiger charge is -2.30. The number of nitrogens with zero attached hydrogens (tertiary/aromatic N) is 6. The van der Waals surface area contributed by atoms with Crippen molar-refractivity contribution in [2.24, 2.45) is 0 Å². The molecule has 0 aromatic carbocycles. The van der Waals surface area contributed by atoms with Crippen LogP contribution in [0, 0.1) is 11.3 Å². The molecule has 0 radical (unpaired) electrons. The van der Waals surface area contributed by atoms with Gasteiger partial charge in [0.15, 0.2) is 5.13 Å². The van der Waals surface area contributed by atoms with E-state index in [1.807, 2.05) is 30.3 Å². The third kappa shape index (κ3) is 6.12. The van der Waals surface area contributed by atoms with Crippen LogP contribution in [0.1, 0.15) is 40.5 Å². The van der Waals surface area contributed by atoms with Gasteiger partial charge in [0.2, 0.25) is 0 Å². The summed E-state index contributed by atoms with van der Waals surface area (Å²) in [5, 5.41) is 14.6. The maximum atomic E-state index is 12.8. The van der Waals surface area contributed by atoms with Crippen LogP contribution < -0.4 is 5.32 Å². The Kier molecular flexibility index (Phi) is 7.60. The normalized spacial score (nSPS) is 16.2. The van der Waals surface area contributed by atoms with Crippen LogP contribution in [0.15, 0.2) is 48.1 Å². The zero-order chi connectivity index (χ0) is 23.0. The van der Waals surface area contributed by atoms with Gasteiger partial charge in [0.05, 0.1) is 12.6 Å². The van der Waals surface area contributed by atoms with Gasteiger partial charge in [-0.2, -0.15) is 5.26 Å². The van der Waals surface area contributed by atoms with E-state index < -0.39 is 0 Å². The van der Waals surface area contributed by atoms with Crippen molar-refractivity contribution in [1.29, 1.82) is 5.26 Å². The number of nitrogens with one attached hydrogen (secondary N) is 1. The van der Waals surface area contributed by atoms with Gasteiger partial charge in [0.1, 0.15) is 11.5 Å². The summed E-state index contributed by atoms with van der Waals surface area (Å²) in [4.78, 5) is 29.9. The van der Waals surface area contributed by atoms with Crippen molar-refractivity contribution >= 4 is 28.2 Å². The molecule has 1 unspecified atom stereocenters. The lowest BCUT2D eigenvalue weighted by Crippen LogP contribution is -2.34. The second kappa shape index (κ2) is 11.0. The van der Waals surface area contributed by atoms with Crippen LogP contribution >= 0.6 is 11.3 Å². The third-order valence-corrected chi connectivity index (χ3v) is 6.54. The van der Waals surface area contributed by atoms with Gasteiger partial charge < -0.3 is 10.2 Å². The van der Waals surface area contributed by atoms with E-state index in [4.69, 9.17) is 10.2 Å². The van der Waals surface area contributed by atoms with Gasteiger partial charge in [0.25, 0.3) is 5.91 Å². The SMILES string of the molecule is CN(CCc1ccncc1)C(=O)c1csc(Nc2cccc(C3CCCN(CC#N)C3)n2)n1. The Hall–Kier alpha value is -3.35. The fourth-order valence-corrected chi connectivity index (χ4v) is 4.66. The molecule has 0 saturated carbocycles. The molecule has 1 saturated heterocycles. The number of thiazole rings is 1. The Morgan fingerprint density at radius 3 is 2.97 bits per heavy atom. The molecule has 1 N–H and O–H groups in total. The molecule has 9 heteroatoms. The van der Waals surface area contributed by atoms with E-state index in [9.17, 15) is 4.79 Å². The molecule has 8 nitrogen and oxygen atoms in total. The number of hydrogen-bond acceptors (Lipinski definition) is 8. The van der Waals surface area contributed by atoms with Crippen molar-refractivity contribution < 1.29 is 4.79 Å². The zero-order valence-electron chi connectivity index (χ0n) is 18.6. The Bertz CT molecular complexity index is 1110. The van der Waals surface area contributed by atoms with Crippen LogP contribution in [0.5, 0.6) is 0 Å². The van der Waals surface area contributed by atoms with Crippen LogP contribution in [0.3, 0.4) is 0 Å². The van der Waals surface area contributed by atoms with Gasteiger partial charge in [-0.25, -0.2) is 9.97 Å². The molecule has 170 valence electrons. The average molecular weight is 462 g/mol. The van der Waals surface area contributed by atoms with Crippen LogP contribution in [0.2, 0.25) is 0 Å². The summed E-state index contributed by atoms with van der Waals surface area (Å²) < 4.78 is 0. The first kappa shape index (κ1) is 22.8. The largest absolute Gasteiger partial charge is 0.340 e. The summed E-state index contributed by atoms with van der Waals surface area (Å²) in [6.45, 7) is 2.89. The van der Waals surface area contributed by atoms with Gasteiger partial charge in [-0.1, -0.05) is 6.07 Å². The quantitative estimate of drug-likeness (QED) is 0.511. The molecule has 0 bridgehead atoms. The number of carbonyl (C=O) groups excluding carboxylic acids is 1. The number of pyridine rings is 2. The van der Waals surface area contributed by atoms with Crippen molar-refractivity contribution in [3.8, 4) is 6.07 Å². The van der Waals surface area contributed by atoms with Crippen LogP contribution in [-0.2, 0) is 6.42 Å². The molecule has 0 aliphatic carbocycles. The number of aromatic nitrogens is 3. The van der Waals surface area contributed by atoms with E-state index in [0.29, 0.717) is 35.7 Å². The third-order valence-electron chi connectivity index (χ3n) is 5.78. The summed E-state index contributed by atoms with van der Waals surface area (Å²) >= 11 is 1.39. The minimum atomic E-state index is -0.102. The highest BCUT2D eigenvalue weighted by Crippen LogP contribution is 2.27. The topological polar surface area (TPSA) is 98.0 Å². The van der Waals surface area contributed by atoms with Gasteiger partial charge in [-0.05, 0) is 55.6 Å². The first-order valence-corrected chi connectivity index (χ1v) is 11.9. The highest BCUT2D eigenvalue weighted by Gasteiger charge is 2.22. The lowest BCUT2D eigenvalue weighted by atomic mass is 9.94. The number of likely N-dealkylation sites (tertiary alicyclic amines) is 1. The molecule has 1 atom stereocenters. The lowest BCUT2D eigenvalue weighted by molar-refractivity contribution is 0.0792. The van der Waals surface area contributed by atoms with Crippen molar-refractivity contribution in [2.45, 2.75) is 25.2 Å². The summed E-state index contributed by atoms with van der Waals surface area (Å²) in [5.41, 5.74) is 2.59. The molecule has 33 heavy (non-hydrogen) atoms. The van der Waals surface area contributed by atoms with E-state index in [2.05, 4.69) is 26.3 Å². The molecule has 3 aromatic heterocycles. The number of piperidine rings is 1. The molecule has 1 aliphatic heterocycles. The molecule has 1 amide bonds. The fraction of sp³-hybridized carbons (Fsp3) is 0.375. The summed E-state index contributed by atoms with van der Waals surface area (Å²) in [5.74, 6) is 0.926. The Balaban J connectivity index is 1.36. The molecular weight excluding hydrogens is 434 g/mol. The van der Waals surface area contributed by atoms with Crippen LogP contribution in [0.25, 0.3) is 0 Å². The number of anilines is 2. The first-order chi connectivity index (χ1) is 16.1. The van der Waals surface area contributed by atoms with E-state index in [1.54, 1.807) is 29.7 Å². The maximum absolute atomic E-state index is 12.8. The average Bonchev–Trinajstić information content (AvgIpc) is 3.31. The summed E-state index contributed by atoms with van der Waals surface area (Å²) in [6, 6.07) is 12.1. The van der Waals surface area contributed by atoms with Crippen molar-refractivity contribution in [2.75, 3.05) is 38.5 Å². The Labute approximate surface area is 197 Å². The van der Waals surface area contributed by atoms with Crippen molar-refractivity contribution in [3.63, 3.8) is 0 Å².